The number of piperazine rings is 1. The lowest BCUT2D eigenvalue weighted by molar-refractivity contribution is 0.404. The summed E-state index contributed by atoms with van der Waals surface area (Å²) in [5.41, 5.74) is 0.750. The van der Waals surface area contributed by atoms with Crippen LogP contribution in [0.4, 0.5) is 0 Å². The molecule has 1 aromatic rings. The molecule has 0 amide bonds. The van der Waals surface area contributed by atoms with Crippen LogP contribution in [-0.4, -0.2) is 24.7 Å². The summed E-state index contributed by atoms with van der Waals surface area (Å²) in [6.45, 7) is 2.57. The van der Waals surface area contributed by atoms with E-state index in [9.17, 15) is 5.11 Å². The van der Waals surface area contributed by atoms with Crippen LogP contribution in [0.3, 0.4) is 0 Å². The lowest BCUT2D eigenvalue weighted by Crippen LogP contribution is -2.42. The maximum Gasteiger partial charge on any atom is 0.139 e. The van der Waals surface area contributed by atoms with Gasteiger partial charge in [0.05, 0.1) is 5.02 Å². The predicted molar refractivity (Wildman–Crippen MR) is 69.0 cm³/mol. The minimum Gasteiger partial charge on any atom is -0.506 e. The van der Waals surface area contributed by atoms with Crippen molar-refractivity contribution >= 4 is 35.6 Å². The molecule has 1 aliphatic heterocycles. The molecule has 0 saturated carbocycles. The first-order chi connectivity index (χ1) is 7.18. The summed E-state index contributed by atoms with van der Waals surface area (Å²) in [6, 6.07) is 3.35. The van der Waals surface area contributed by atoms with Crippen molar-refractivity contribution in [2.45, 2.75) is 6.04 Å². The highest BCUT2D eigenvalue weighted by Crippen LogP contribution is 2.34. The van der Waals surface area contributed by atoms with Gasteiger partial charge in [0.1, 0.15) is 5.75 Å². The van der Waals surface area contributed by atoms with Crippen LogP contribution in [0, 0.1) is 0 Å². The molecule has 1 heterocycles. The molecular formula is C10H13Cl3N2O. The molecule has 0 aliphatic carbocycles. The highest BCUT2D eigenvalue weighted by molar-refractivity contribution is 6.35. The van der Waals surface area contributed by atoms with Gasteiger partial charge < -0.3 is 15.7 Å². The average Bonchev–Trinajstić information content (AvgIpc) is 2.24. The summed E-state index contributed by atoms with van der Waals surface area (Å²) < 4.78 is 0. The summed E-state index contributed by atoms with van der Waals surface area (Å²) in [5.74, 6) is 0.113. The maximum absolute atomic E-state index is 9.82. The van der Waals surface area contributed by atoms with Crippen LogP contribution in [0.15, 0.2) is 12.1 Å². The molecular weight excluding hydrogens is 270 g/mol. The fraction of sp³-hybridized carbons (Fsp3) is 0.400. The molecule has 1 aromatic carbocycles. The zero-order valence-corrected chi connectivity index (χ0v) is 10.8. The van der Waals surface area contributed by atoms with E-state index in [2.05, 4.69) is 10.6 Å². The molecule has 1 fully saturated rings. The molecule has 0 spiro atoms. The quantitative estimate of drug-likeness (QED) is 0.741. The Bertz CT molecular complexity index is 367. The maximum atomic E-state index is 9.82. The van der Waals surface area contributed by atoms with E-state index in [0.717, 1.165) is 25.2 Å². The molecule has 1 aliphatic rings. The first-order valence-corrected chi connectivity index (χ1v) is 5.56. The molecule has 3 nitrogen and oxygen atoms in total. The minimum atomic E-state index is 0. The van der Waals surface area contributed by atoms with Crippen molar-refractivity contribution in [3.8, 4) is 5.75 Å². The number of halogens is 3. The number of aromatic hydroxyl groups is 1. The van der Waals surface area contributed by atoms with E-state index in [0.29, 0.717) is 10.0 Å². The van der Waals surface area contributed by atoms with Gasteiger partial charge in [-0.15, -0.1) is 12.4 Å². The summed E-state index contributed by atoms with van der Waals surface area (Å²) in [5, 5.41) is 17.2. The van der Waals surface area contributed by atoms with E-state index >= 15 is 0 Å². The fourth-order valence-electron chi connectivity index (χ4n) is 1.72. The van der Waals surface area contributed by atoms with E-state index in [1.165, 1.54) is 6.07 Å². The van der Waals surface area contributed by atoms with Crippen molar-refractivity contribution < 1.29 is 5.11 Å². The van der Waals surface area contributed by atoms with Crippen molar-refractivity contribution in [1.82, 2.24) is 10.6 Å². The summed E-state index contributed by atoms with van der Waals surface area (Å²) in [4.78, 5) is 0. The zero-order valence-electron chi connectivity index (χ0n) is 8.46. The summed E-state index contributed by atoms with van der Waals surface area (Å²) in [6.07, 6.45) is 0. The van der Waals surface area contributed by atoms with Gasteiger partial charge in [0.25, 0.3) is 0 Å². The van der Waals surface area contributed by atoms with Crippen LogP contribution in [0.5, 0.6) is 5.75 Å². The van der Waals surface area contributed by atoms with Gasteiger partial charge in [0.2, 0.25) is 0 Å². The second kappa shape index (κ2) is 5.94. The van der Waals surface area contributed by atoms with E-state index in [1.54, 1.807) is 6.07 Å². The Morgan fingerprint density at radius 1 is 1.25 bits per heavy atom. The number of phenols is 1. The van der Waals surface area contributed by atoms with Crippen molar-refractivity contribution in [3.63, 3.8) is 0 Å². The standard InChI is InChI=1S/C10H12Cl2N2O.ClH/c11-6-3-7(10(15)8(12)4-6)9-5-13-1-2-14-9;/h3-4,9,13-15H,1-2,5H2;1H/t9-;/m0./s1. The number of hydrogen-bond acceptors (Lipinski definition) is 3. The van der Waals surface area contributed by atoms with Crippen molar-refractivity contribution in [2.75, 3.05) is 19.6 Å². The Morgan fingerprint density at radius 3 is 2.62 bits per heavy atom. The first-order valence-electron chi connectivity index (χ1n) is 4.80. The van der Waals surface area contributed by atoms with Crippen molar-refractivity contribution in [3.05, 3.63) is 27.7 Å². The zero-order chi connectivity index (χ0) is 10.8. The minimum absolute atomic E-state index is 0. The van der Waals surface area contributed by atoms with Gasteiger partial charge >= 0.3 is 0 Å². The highest BCUT2D eigenvalue weighted by Gasteiger charge is 2.19. The van der Waals surface area contributed by atoms with E-state index in [1.807, 2.05) is 0 Å². The van der Waals surface area contributed by atoms with Gasteiger partial charge in [-0.3, -0.25) is 0 Å². The van der Waals surface area contributed by atoms with Crippen LogP contribution in [-0.2, 0) is 0 Å². The third kappa shape index (κ3) is 2.93. The largest absolute Gasteiger partial charge is 0.506 e. The Kier molecular flexibility index (Phi) is 5.15. The van der Waals surface area contributed by atoms with E-state index < -0.39 is 0 Å². The normalized spacial score (nSPS) is 20.2. The molecule has 0 unspecified atom stereocenters. The van der Waals surface area contributed by atoms with Crippen LogP contribution < -0.4 is 10.6 Å². The van der Waals surface area contributed by atoms with Gasteiger partial charge in [0, 0.05) is 36.3 Å². The van der Waals surface area contributed by atoms with Gasteiger partial charge in [-0.25, -0.2) is 0 Å². The number of benzene rings is 1. The summed E-state index contributed by atoms with van der Waals surface area (Å²) >= 11 is 11.8. The van der Waals surface area contributed by atoms with Crippen molar-refractivity contribution in [2.24, 2.45) is 0 Å². The van der Waals surface area contributed by atoms with Crippen molar-refractivity contribution in [1.29, 1.82) is 0 Å². The second-order valence-corrected chi connectivity index (χ2v) is 4.38. The molecule has 0 aromatic heterocycles. The number of phenolic OH excluding ortho intramolecular Hbond substituents is 1. The Hall–Kier alpha value is -0.190. The fourth-order valence-corrected chi connectivity index (χ4v) is 2.23. The molecule has 16 heavy (non-hydrogen) atoms. The van der Waals surface area contributed by atoms with Gasteiger partial charge in [-0.2, -0.15) is 0 Å². The lowest BCUT2D eigenvalue weighted by atomic mass is 10.0. The SMILES string of the molecule is Cl.Oc1c(Cl)cc(Cl)cc1[C@@H]1CNCCN1. The van der Waals surface area contributed by atoms with Gasteiger partial charge in [-0.1, -0.05) is 23.2 Å². The lowest BCUT2D eigenvalue weighted by Gasteiger charge is -2.25. The molecule has 0 radical (unpaired) electrons. The van der Waals surface area contributed by atoms with Gasteiger partial charge in [-0.05, 0) is 12.1 Å². The monoisotopic (exact) mass is 282 g/mol. The van der Waals surface area contributed by atoms with Crippen LogP contribution in [0.25, 0.3) is 0 Å². The molecule has 90 valence electrons. The van der Waals surface area contributed by atoms with Crippen LogP contribution in [0.1, 0.15) is 11.6 Å². The Labute approximate surface area is 111 Å². The average molecular weight is 284 g/mol. The van der Waals surface area contributed by atoms with Crippen LogP contribution >= 0.6 is 35.6 Å². The molecule has 6 heteroatoms. The Balaban J connectivity index is 0.00000128. The molecule has 2 rings (SSSR count). The first kappa shape index (κ1) is 13.9. The molecule has 1 saturated heterocycles. The number of rotatable bonds is 1. The smallest absolute Gasteiger partial charge is 0.139 e. The number of hydrogen-bond donors (Lipinski definition) is 3. The number of nitrogens with one attached hydrogen (secondary N) is 2. The second-order valence-electron chi connectivity index (χ2n) is 3.54. The molecule has 0 bridgehead atoms. The third-order valence-electron chi connectivity index (χ3n) is 2.47. The van der Waals surface area contributed by atoms with Crippen LogP contribution in [0.2, 0.25) is 10.0 Å². The van der Waals surface area contributed by atoms with Gasteiger partial charge in [0.15, 0.2) is 0 Å². The predicted octanol–water partition coefficient (Wildman–Crippen LogP) is 2.35. The third-order valence-corrected chi connectivity index (χ3v) is 2.98. The Morgan fingerprint density at radius 2 is 2.00 bits per heavy atom. The highest BCUT2D eigenvalue weighted by atomic mass is 35.5. The molecule has 1 atom stereocenters. The summed E-state index contributed by atoms with van der Waals surface area (Å²) in [7, 11) is 0. The van der Waals surface area contributed by atoms with E-state index in [-0.39, 0.29) is 24.2 Å². The molecule has 3 N–H and O–H groups in total. The van der Waals surface area contributed by atoms with E-state index in [4.69, 9.17) is 23.2 Å². The topological polar surface area (TPSA) is 44.3 Å².